The number of amides is 1. The Kier molecular flexibility index (Phi) is 8.74. The summed E-state index contributed by atoms with van der Waals surface area (Å²) in [7, 11) is -4.14. The number of amidine groups is 1. The topological polar surface area (TPSA) is 157 Å². The highest BCUT2D eigenvalue weighted by Crippen LogP contribution is 2.40. The molecule has 1 aliphatic heterocycles. The second-order valence-electron chi connectivity index (χ2n) is 9.17. The lowest BCUT2D eigenvalue weighted by molar-refractivity contribution is -0.114. The Labute approximate surface area is 221 Å². The number of allylic oxidation sites excluding steroid dienone is 4. The van der Waals surface area contributed by atoms with Crippen molar-refractivity contribution in [3.8, 4) is 0 Å². The van der Waals surface area contributed by atoms with Gasteiger partial charge in [0.05, 0.1) is 11.7 Å². The first-order valence-corrected chi connectivity index (χ1v) is 13.2. The van der Waals surface area contributed by atoms with Gasteiger partial charge in [-0.25, -0.2) is 12.8 Å². The Morgan fingerprint density at radius 1 is 1.24 bits per heavy atom. The molecule has 202 valence electrons. The Balaban J connectivity index is 1.94. The number of carbonyl (C=O) groups is 1. The molecule has 2 aromatic rings. The number of carbonyl (C=O) groups excluding carboxylic acids is 1. The number of halogens is 1. The van der Waals surface area contributed by atoms with E-state index in [0.29, 0.717) is 16.7 Å². The zero-order valence-electron chi connectivity index (χ0n) is 21.1. The van der Waals surface area contributed by atoms with Crippen molar-refractivity contribution in [3.05, 3.63) is 102 Å². The Hall–Kier alpha value is -3.96. The number of aliphatic hydroxyl groups is 1. The highest BCUT2D eigenvalue weighted by atomic mass is 32.2. The maximum Gasteiger partial charge on any atom is 0.301 e. The van der Waals surface area contributed by atoms with Crippen molar-refractivity contribution in [2.45, 2.75) is 37.2 Å². The number of nitrogens with one attached hydrogen (secondary N) is 1. The molecule has 6 N–H and O–H groups in total. The van der Waals surface area contributed by atoms with Crippen molar-refractivity contribution < 1.29 is 27.4 Å². The first-order valence-electron chi connectivity index (χ1n) is 11.7. The van der Waals surface area contributed by atoms with Gasteiger partial charge < -0.3 is 26.6 Å². The van der Waals surface area contributed by atoms with Gasteiger partial charge in [-0.1, -0.05) is 61.2 Å². The molecule has 1 aliphatic rings. The van der Waals surface area contributed by atoms with E-state index in [-0.39, 0.29) is 30.3 Å². The van der Waals surface area contributed by atoms with Gasteiger partial charge in [-0.15, -0.1) is 4.40 Å². The fourth-order valence-electron chi connectivity index (χ4n) is 4.26. The maximum absolute atomic E-state index is 14.4. The fraction of sp³-hybridized carbons (Fsp3) is 0.259. The number of rotatable bonds is 9. The van der Waals surface area contributed by atoms with Crippen molar-refractivity contribution in [2.24, 2.45) is 15.9 Å². The first kappa shape index (κ1) is 28.6. The van der Waals surface area contributed by atoms with Gasteiger partial charge >= 0.3 is 6.02 Å². The predicted molar refractivity (Wildman–Crippen MR) is 144 cm³/mol. The minimum Gasteiger partial charge on any atom is -0.457 e. The minimum absolute atomic E-state index is 0.101. The van der Waals surface area contributed by atoms with E-state index in [1.54, 1.807) is 50.3 Å². The number of nitrogens with zero attached hydrogens (tertiary/aromatic N) is 1. The van der Waals surface area contributed by atoms with Gasteiger partial charge in [0, 0.05) is 12.2 Å². The van der Waals surface area contributed by atoms with Crippen LogP contribution in [0.15, 0.2) is 83.4 Å². The van der Waals surface area contributed by atoms with Crippen molar-refractivity contribution in [3.63, 3.8) is 0 Å². The van der Waals surface area contributed by atoms with Crippen LogP contribution in [-0.2, 0) is 19.6 Å². The van der Waals surface area contributed by atoms with Crippen LogP contribution in [0.3, 0.4) is 0 Å². The van der Waals surface area contributed by atoms with Gasteiger partial charge in [0.15, 0.2) is 0 Å². The average Bonchev–Trinajstić information content (AvgIpc) is 2.82. The van der Waals surface area contributed by atoms with E-state index < -0.39 is 38.6 Å². The third-order valence-electron chi connectivity index (χ3n) is 5.93. The van der Waals surface area contributed by atoms with Crippen LogP contribution < -0.4 is 16.8 Å². The normalized spacial score (nSPS) is 19.6. The molecule has 0 saturated carbocycles. The van der Waals surface area contributed by atoms with Crippen molar-refractivity contribution in [1.82, 2.24) is 5.32 Å². The summed E-state index contributed by atoms with van der Waals surface area (Å²) in [5, 5.41) is 11.2. The molecule has 2 atom stereocenters. The monoisotopic (exact) mass is 542 g/mol. The summed E-state index contributed by atoms with van der Waals surface area (Å²) in [5.74, 6) is -1.28. The van der Waals surface area contributed by atoms with Gasteiger partial charge in [-0.05, 0) is 49.1 Å². The minimum atomic E-state index is -4.14. The highest BCUT2D eigenvalue weighted by Gasteiger charge is 2.47. The maximum atomic E-state index is 14.4. The second kappa shape index (κ2) is 11.6. The number of sulfonamides is 1. The molecule has 0 fully saturated rings. The number of primary amides is 1. The molecule has 0 aliphatic carbocycles. The summed E-state index contributed by atoms with van der Waals surface area (Å²) in [5.41, 5.74) is 11.4. The fourth-order valence-corrected chi connectivity index (χ4v) is 5.96. The molecule has 11 heteroatoms. The molecule has 1 heterocycles. The summed E-state index contributed by atoms with van der Waals surface area (Å²) >= 11 is 0. The molecule has 2 aromatic carbocycles. The predicted octanol–water partition coefficient (Wildman–Crippen LogP) is 2.97. The zero-order valence-corrected chi connectivity index (χ0v) is 21.9. The van der Waals surface area contributed by atoms with Crippen molar-refractivity contribution >= 4 is 27.5 Å². The molecule has 38 heavy (non-hydrogen) atoms. The van der Waals surface area contributed by atoms with E-state index in [1.807, 2.05) is 0 Å². The Bertz CT molecular complexity index is 1400. The summed E-state index contributed by atoms with van der Waals surface area (Å²) in [4.78, 5) is 11.3. The Morgan fingerprint density at radius 3 is 2.45 bits per heavy atom. The van der Waals surface area contributed by atoms with E-state index in [2.05, 4.69) is 16.3 Å². The molecule has 1 amide bonds. The van der Waals surface area contributed by atoms with E-state index in [9.17, 15) is 22.7 Å². The number of hydrogen-bond acceptors (Lipinski definition) is 7. The van der Waals surface area contributed by atoms with Gasteiger partial charge in [-0.3, -0.25) is 4.79 Å². The second-order valence-corrected chi connectivity index (χ2v) is 10.9. The highest BCUT2D eigenvalue weighted by molar-refractivity contribution is 7.90. The number of benzene rings is 2. The van der Waals surface area contributed by atoms with E-state index in [4.69, 9.17) is 16.2 Å². The van der Waals surface area contributed by atoms with Crippen LogP contribution in [0.1, 0.15) is 48.3 Å². The molecular weight excluding hydrogens is 511 g/mol. The molecule has 0 aromatic heterocycles. The molecule has 9 nitrogen and oxygen atoms in total. The number of aliphatic hydroxyl groups excluding tert-OH is 1. The molecular formula is C27H31FN4O5S. The largest absolute Gasteiger partial charge is 0.457 e. The first-order chi connectivity index (χ1) is 17.9. The zero-order chi connectivity index (χ0) is 28.1. The molecule has 0 bridgehead atoms. The van der Waals surface area contributed by atoms with Crippen LogP contribution >= 0.6 is 0 Å². The van der Waals surface area contributed by atoms with Crippen LogP contribution in [0.5, 0.6) is 0 Å². The van der Waals surface area contributed by atoms with Crippen LogP contribution in [0, 0.1) is 5.82 Å². The smallest absolute Gasteiger partial charge is 0.301 e. The lowest BCUT2D eigenvalue weighted by atomic mass is 9.95. The molecule has 3 rings (SSSR count). The summed E-state index contributed by atoms with van der Waals surface area (Å²) in [6.07, 6.45) is 4.66. The van der Waals surface area contributed by atoms with Gasteiger partial charge in [0.1, 0.15) is 16.7 Å². The van der Waals surface area contributed by atoms with E-state index >= 15 is 0 Å². The quantitative estimate of drug-likeness (QED) is 0.280. The number of hydrogen-bond donors (Lipinski definition) is 4. The molecule has 0 saturated heterocycles. The van der Waals surface area contributed by atoms with Crippen molar-refractivity contribution in [1.29, 1.82) is 0 Å². The van der Waals surface area contributed by atoms with Gasteiger partial charge in [0.2, 0.25) is 0 Å². The standard InChI is InChI=1S/C27H31FN4O5S/c1-4-7-19(16-22(29)25(30)34)17-10-12-18(13-11-17)24-27(2,3)37-26(32-38(24,35)36)31-23(14-15-33)20-8-5-6-9-21(20)28/h4-13,16,23-24,33H,1,14-15,29H2,2-3H3,(H2,30,34)(H,31,32)/b19-7+,22-16-/t23-,24?/m0/s1. The Morgan fingerprint density at radius 2 is 1.89 bits per heavy atom. The molecule has 0 radical (unpaired) electrons. The van der Waals surface area contributed by atoms with Gasteiger partial charge in [-0.2, -0.15) is 0 Å². The van der Waals surface area contributed by atoms with Crippen molar-refractivity contribution in [2.75, 3.05) is 6.61 Å². The third kappa shape index (κ3) is 6.48. The van der Waals surface area contributed by atoms with Crippen LogP contribution in [-0.4, -0.2) is 37.7 Å². The summed E-state index contributed by atoms with van der Waals surface area (Å²) in [6, 6.07) is 11.5. The molecule has 0 spiro atoms. The van der Waals surface area contributed by atoms with E-state index in [0.717, 1.165) is 0 Å². The number of ether oxygens (including phenoxy) is 1. The van der Waals surface area contributed by atoms with Crippen LogP contribution in [0.2, 0.25) is 0 Å². The average molecular weight is 543 g/mol. The van der Waals surface area contributed by atoms with Crippen LogP contribution in [0.25, 0.3) is 5.57 Å². The SMILES string of the molecule is C=C/C=C(\C=C(/N)C(N)=O)c1ccc(C2C(C)(C)OC(N[C@@H](CCO)c3ccccc3F)=NS2(=O)=O)cc1. The summed E-state index contributed by atoms with van der Waals surface area (Å²) < 4.78 is 50.9. The third-order valence-corrected chi connectivity index (χ3v) is 7.79. The lowest BCUT2D eigenvalue weighted by Crippen LogP contribution is -2.47. The van der Waals surface area contributed by atoms with Crippen LogP contribution in [0.4, 0.5) is 4.39 Å². The lowest BCUT2D eigenvalue weighted by Gasteiger charge is -2.38. The van der Waals surface area contributed by atoms with Gasteiger partial charge in [0.25, 0.3) is 15.9 Å². The number of nitrogens with two attached hydrogens (primary N) is 2. The van der Waals surface area contributed by atoms with E-state index in [1.165, 1.54) is 30.4 Å². The summed E-state index contributed by atoms with van der Waals surface area (Å²) in [6.45, 7) is 6.61. The molecule has 1 unspecified atom stereocenters.